The molecule has 0 aromatic heterocycles. The normalized spacial score (nSPS) is 26.6. The number of rotatable bonds is 6. The van der Waals surface area contributed by atoms with E-state index in [4.69, 9.17) is 4.74 Å². The highest BCUT2D eigenvalue weighted by molar-refractivity contribution is 5.83. The van der Waals surface area contributed by atoms with Gasteiger partial charge in [0.25, 0.3) is 0 Å². The number of nitrogens with one attached hydrogen (secondary N) is 1. The molecule has 24 heavy (non-hydrogen) atoms. The largest absolute Gasteiger partial charge is 0.387 e. The number of aliphatic hydroxyl groups is 1. The maximum Gasteiger partial charge on any atom is 0.223 e. The lowest BCUT2D eigenvalue weighted by molar-refractivity contribution is -0.123. The van der Waals surface area contributed by atoms with Gasteiger partial charge in [-0.05, 0) is 37.3 Å². The molecule has 3 rings (SSSR count). The molecule has 1 aromatic carbocycles. The molecule has 0 radical (unpaired) electrons. The van der Waals surface area contributed by atoms with Gasteiger partial charge in [0.2, 0.25) is 5.91 Å². The molecule has 0 bridgehead atoms. The van der Waals surface area contributed by atoms with Crippen LogP contribution in [-0.2, 0) is 9.53 Å². The molecular formula is C19H28N2O3. The first-order chi connectivity index (χ1) is 11.5. The highest BCUT2D eigenvalue weighted by Gasteiger charge is 2.44. The Hall–Kier alpha value is -1.43. The fraction of sp³-hybridized carbons (Fsp3) is 0.632. The average Bonchev–Trinajstić information content (AvgIpc) is 3.34. The second-order valence-electron chi connectivity index (χ2n) is 7.41. The van der Waals surface area contributed by atoms with Crippen molar-refractivity contribution in [1.82, 2.24) is 10.2 Å². The van der Waals surface area contributed by atoms with Crippen LogP contribution < -0.4 is 5.32 Å². The Balaban J connectivity index is 1.46. The van der Waals surface area contributed by atoms with E-state index in [1.165, 1.54) is 11.1 Å². The van der Waals surface area contributed by atoms with Crippen LogP contribution >= 0.6 is 0 Å². The van der Waals surface area contributed by atoms with Gasteiger partial charge in [-0.2, -0.15) is 0 Å². The fourth-order valence-corrected chi connectivity index (χ4v) is 3.54. The lowest BCUT2D eigenvalue weighted by Crippen LogP contribution is -2.51. The summed E-state index contributed by atoms with van der Waals surface area (Å²) in [5.41, 5.74) is 1.61. The first kappa shape index (κ1) is 17.4. The summed E-state index contributed by atoms with van der Waals surface area (Å²) in [7, 11) is 0. The summed E-state index contributed by atoms with van der Waals surface area (Å²) in [6, 6.07) is 8.26. The van der Waals surface area contributed by atoms with E-state index >= 15 is 0 Å². The number of nitrogens with zero attached hydrogens (tertiary/aromatic N) is 1. The molecule has 0 spiro atoms. The highest BCUT2D eigenvalue weighted by Crippen LogP contribution is 2.48. The van der Waals surface area contributed by atoms with Crippen molar-refractivity contribution in [3.63, 3.8) is 0 Å². The number of hydrogen-bond donors (Lipinski definition) is 2. The van der Waals surface area contributed by atoms with Crippen LogP contribution in [0.15, 0.2) is 24.3 Å². The van der Waals surface area contributed by atoms with Crippen molar-refractivity contribution in [3.8, 4) is 0 Å². The summed E-state index contributed by atoms with van der Waals surface area (Å²) in [6.07, 6.45) is 0.905. The SMILES string of the molecule is Cc1ccccc1[C@H]1C[C@@H]1C(=O)NC[C@@](C)(O)CN1CCOCC1. The Kier molecular flexibility index (Phi) is 5.23. The topological polar surface area (TPSA) is 61.8 Å². The predicted octanol–water partition coefficient (Wildman–Crippen LogP) is 1.30. The smallest absolute Gasteiger partial charge is 0.223 e. The third kappa shape index (κ3) is 4.35. The van der Waals surface area contributed by atoms with E-state index in [9.17, 15) is 9.90 Å². The zero-order valence-corrected chi connectivity index (χ0v) is 14.6. The number of carbonyl (C=O) groups is 1. The van der Waals surface area contributed by atoms with Crippen molar-refractivity contribution in [2.24, 2.45) is 5.92 Å². The number of carbonyl (C=O) groups excluding carboxylic acids is 1. The van der Waals surface area contributed by atoms with E-state index in [-0.39, 0.29) is 11.8 Å². The lowest BCUT2D eigenvalue weighted by atomic mass is 10.0. The Bertz CT molecular complexity index is 582. The molecule has 2 aliphatic rings. The van der Waals surface area contributed by atoms with Gasteiger partial charge in [0.1, 0.15) is 0 Å². The van der Waals surface area contributed by atoms with E-state index in [0.29, 0.717) is 32.2 Å². The van der Waals surface area contributed by atoms with Gasteiger partial charge in [0, 0.05) is 32.1 Å². The van der Waals surface area contributed by atoms with Crippen LogP contribution in [0.2, 0.25) is 0 Å². The minimum absolute atomic E-state index is 0.0466. The van der Waals surface area contributed by atoms with Crippen LogP contribution in [0.25, 0.3) is 0 Å². The van der Waals surface area contributed by atoms with Crippen LogP contribution in [0.1, 0.15) is 30.4 Å². The van der Waals surface area contributed by atoms with Crippen molar-refractivity contribution >= 4 is 5.91 Å². The number of morpholine rings is 1. The summed E-state index contributed by atoms with van der Waals surface area (Å²) in [4.78, 5) is 14.6. The van der Waals surface area contributed by atoms with Gasteiger partial charge in [0.15, 0.2) is 0 Å². The molecular weight excluding hydrogens is 304 g/mol. The maximum atomic E-state index is 12.4. The number of benzene rings is 1. The van der Waals surface area contributed by atoms with Crippen LogP contribution in [-0.4, -0.2) is 60.9 Å². The van der Waals surface area contributed by atoms with Gasteiger partial charge in [-0.25, -0.2) is 0 Å². The quantitative estimate of drug-likeness (QED) is 0.824. The first-order valence-corrected chi connectivity index (χ1v) is 8.82. The third-order valence-electron chi connectivity index (χ3n) is 5.03. The zero-order valence-electron chi connectivity index (χ0n) is 14.6. The third-order valence-corrected chi connectivity index (χ3v) is 5.03. The highest BCUT2D eigenvalue weighted by atomic mass is 16.5. The van der Waals surface area contributed by atoms with E-state index < -0.39 is 5.60 Å². The van der Waals surface area contributed by atoms with E-state index in [2.05, 4.69) is 29.3 Å². The monoisotopic (exact) mass is 332 g/mol. The minimum Gasteiger partial charge on any atom is -0.387 e. The molecule has 1 heterocycles. The number of β-amino-alcohol motifs (C(OH)–C–C–N with tert-alkyl or cyclic N) is 1. The zero-order chi connectivity index (χ0) is 17.2. The summed E-state index contributed by atoms with van der Waals surface area (Å²) >= 11 is 0. The van der Waals surface area contributed by atoms with Crippen LogP contribution in [0.5, 0.6) is 0 Å². The van der Waals surface area contributed by atoms with Crippen molar-refractivity contribution in [2.45, 2.75) is 31.8 Å². The van der Waals surface area contributed by atoms with Crippen molar-refractivity contribution in [1.29, 1.82) is 0 Å². The fourth-order valence-electron chi connectivity index (χ4n) is 3.54. The molecule has 5 nitrogen and oxygen atoms in total. The summed E-state index contributed by atoms with van der Waals surface area (Å²) < 4.78 is 5.32. The van der Waals surface area contributed by atoms with E-state index in [1.807, 2.05) is 12.1 Å². The van der Waals surface area contributed by atoms with Gasteiger partial charge in [0.05, 0.1) is 18.8 Å². The molecule has 2 N–H and O–H groups in total. The molecule has 1 aromatic rings. The molecule has 1 saturated carbocycles. The van der Waals surface area contributed by atoms with Crippen LogP contribution in [0.4, 0.5) is 0 Å². The molecule has 2 fully saturated rings. The number of aryl methyl sites for hydroxylation is 1. The van der Waals surface area contributed by atoms with Crippen molar-refractivity contribution in [2.75, 3.05) is 39.4 Å². The molecule has 1 saturated heterocycles. The van der Waals surface area contributed by atoms with Gasteiger partial charge in [-0.15, -0.1) is 0 Å². The molecule has 1 aliphatic carbocycles. The Labute approximate surface area is 144 Å². The van der Waals surface area contributed by atoms with Crippen LogP contribution in [0, 0.1) is 12.8 Å². The van der Waals surface area contributed by atoms with Gasteiger partial charge in [-0.3, -0.25) is 9.69 Å². The number of hydrogen-bond acceptors (Lipinski definition) is 4. The predicted molar refractivity (Wildman–Crippen MR) is 92.9 cm³/mol. The van der Waals surface area contributed by atoms with Gasteiger partial charge < -0.3 is 15.2 Å². The minimum atomic E-state index is -0.917. The molecule has 0 unspecified atom stereocenters. The van der Waals surface area contributed by atoms with Crippen LogP contribution in [0.3, 0.4) is 0 Å². The Morgan fingerprint density at radius 2 is 2.08 bits per heavy atom. The Morgan fingerprint density at radius 3 is 2.79 bits per heavy atom. The summed E-state index contributed by atoms with van der Waals surface area (Å²) in [5, 5.41) is 13.5. The van der Waals surface area contributed by atoms with Gasteiger partial charge >= 0.3 is 0 Å². The molecule has 132 valence electrons. The number of ether oxygens (including phenoxy) is 1. The van der Waals surface area contributed by atoms with Gasteiger partial charge in [-0.1, -0.05) is 24.3 Å². The molecule has 3 atom stereocenters. The van der Waals surface area contributed by atoms with E-state index in [1.54, 1.807) is 6.92 Å². The standard InChI is InChI=1S/C19H28N2O3/c1-14-5-3-4-6-15(14)16-11-17(16)18(22)20-12-19(2,23)13-21-7-9-24-10-8-21/h3-6,16-17,23H,7-13H2,1-2H3,(H,20,22)/t16-,17+,19-/m1/s1. The average molecular weight is 332 g/mol. The lowest BCUT2D eigenvalue weighted by Gasteiger charge is -2.33. The molecule has 1 amide bonds. The van der Waals surface area contributed by atoms with E-state index in [0.717, 1.165) is 19.5 Å². The summed E-state index contributed by atoms with van der Waals surface area (Å²) in [5.74, 6) is 0.436. The summed E-state index contributed by atoms with van der Waals surface area (Å²) in [6.45, 7) is 7.82. The van der Waals surface area contributed by atoms with Crippen molar-refractivity contribution < 1.29 is 14.6 Å². The molecule has 1 aliphatic heterocycles. The van der Waals surface area contributed by atoms with Crippen molar-refractivity contribution in [3.05, 3.63) is 35.4 Å². The maximum absolute atomic E-state index is 12.4. The first-order valence-electron chi connectivity index (χ1n) is 8.82. The second-order valence-corrected chi connectivity index (χ2v) is 7.41. The molecule has 5 heteroatoms. The Morgan fingerprint density at radius 1 is 1.38 bits per heavy atom. The number of amides is 1. The second kappa shape index (κ2) is 7.21.